The molecule has 2 aromatic heterocycles. The third-order valence-corrected chi connectivity index (χ3v) is 4.08. The molecule has 1 amide bonds. The fraction of sp³-hybridized carbons (Fsp3) is 0.250. The Morgan fingerprint density at radius 3 is 3.11 bits per heavy atom. The molecule has 1 N–H and O–H groups in total. The number of amides is 1. The highest BCUT2D eigenvalue weighted by molar-refractivity contribution is 7.15. The van der Waals surface area contributed by atoms with Crippen molar-refractivity contribution in [1.82, 2.24) is 9.97 Å². The molecule has 0 radical (unpaired) electrons. The summed E-state index contributed by atoms with van der Waals surface area (Å²) in [6.45, 7) is 0. The maximum atomic E-state index is 12.0. The Bertz CT molecular complexity index is 590. The molecule has 2 heterocycles. The van der Waals surface area contributed by atoms with Crippen LogP contribution in [0.5, 0.6) is 0 Å². The first kappa shape index (κ1) is 11.6. The van der Waals surface area contributed by atoms with Gasteiger partial charge < -0.3 is 0 Å². The van der Waals surface area contributed by atoms with Crippen LogP contribution in [0.4, 0.5) is 5.13 Å². The molecular formula is C12H10ClN3OS. The summed E-state index contributed by atoms with van der Waals surface area (Å²) in [5.74, 6) is -0.202. The van der Waals surface area contributed by atoms with Crippen molar-refractivity contribution in [3.63, 3.8) is 0 Å². The van der Waals surface area contributed by atoms with E-state index in [0.717, 1.165) is 18.5 Å². The summed E-state index contributed by atoms with van der Waals surface area (Å²) in [7, 11) is 0. The number of anilines is 1. The fourth-order valence-corrected chi connectivity index (χ4v) is 3.18. The van der Waals surface area contributed by atoms with Gasteiger partial charge in [0, 0.05) is 16.6 Å². The lowest BCUT2D eigenvalue weighted by molar-refractivity contribution is 0.102. The van der Waals surface area contributed by atoms with Crippen molar-refractivity contribution >= 4 is 34.0 Å². The quantitative estimate of drug-likeness (QED) is 0.860. The SMILES string of the molecule is O=C(Nc1nc2c(s1)CCC2)c1ccnc(Cl)c1. The Morgan fingerprint density at radius 1 is 1.44 bits per heavy atom. The number of fused-ring (bicyclic) bond motifs is 1. The number of nitrogens with one attached hydrogen (secondary N) is 1. The van der Waals surface area contributed by atoms with Crippen LogP contribution in [-0.4, -0.2) is 15.9 Å². The highest BCUT2D eigenvalue weighted by Crippen LogP contribution is 2.30. The number of hydrogen-bond acceptors (Lipinski definition) is 4. The van der Waals surface area contributed by atoms with Gasteiger partial charge in [-0.1, -0.05) is 11.6 Å². The summed E-state index contributed by atoms with van der Waals surface area (Å²) in [5, 5.41) is 3.77. The molecule has 1 aliphatic carbocycles. The van der Waals surface area contributed by atoms with Gasteiger partial charge in [0.15, 0.2) is 5.13 Å². The first-order chi connectivity index (χ1) is 8.72. The first-order valence-corrected chi connectivity index (χ1v) is 6.83. The van der Waals surface area contributed by atoms with E-state index < -0.39 is 0 Å². The standard InChI is InChI=1S/C12H10ClN3OS/c13-10-6-7(4-5-14-10)11(17)16-12-15-8-2-1-3-9(8)18-12/h4-6H,1-3H2,(H,15,16,17). The lowest BCUT2D eigenvalue weighted by Crippen LogP contribution is -2.11. The molecule has 3 rings (SSSR count). The minimum Gasteiger partial charge on any atom is -0.298 e. The van der Waals surface area contributed by atoms with Gasteiger partial charge >= 0.3 is 0 Å². The first-order valence-electron chi connectivity index (χ1n) is 5.64. The van der Waals surface area contributed by atoms with Crippen molar-refractivity contribution in [3.05, 3.63) is 39.6 Å². The van der Waals surface area contributed by atoms with Crippen molar-refractivity contribution in [2.75, 3.05) is 5.32 Å². The number of aryl methyl sites for hydroxylation is 2. The molecule has 92 valence electrons. The van der Waals surface area contributed by atoms with Gasteiger partial charge in [0.05, 0.1) is 5.69 Å². The Balaban J connectivity index is 1.78. The predicted molar refractivity (Wildman–Crippen MR) is 71.3 cm³/mol. The van der Waals surface area contributed by atoms with E-state index in [1.165, 1.54) is 23.6 Å². The second kappa shape index (κ2) is 4.66. The van der Waals surface area contributed by atoms with E-state index in [1.54, 1.807) is 17.4 Å². The predicted octanol–water partition coefficient (Wildman–Crippen LogP) is 2.93. The minimum absolute atomic E-state index is 0.202. The van der Waals surface area contributed by atoms with Crippen molar-refractivity contribution in [2.24, 2.45) is 0 Å². The number of rotatable bonds is 2. The number of nitrogens with zero attached hydrogens (tertiary/aromatic N) is 2. The highest BCUT2D eigenvalue weighted by Gasteiger charge is 2.18. The molecule has 0 fully saturated rings. The molecule has 18 heavy (non-hydrogen) atoms. The fourth-order valence-electron chi connectivity index (χ4n) is 1.96. The van der Waals surface area contributed by atoms with Gasteiger partial charge in [-0.2, -0.15) is 0 Å². The van der Waals surface area contributed by atoms with Crippen LogP contribution in [0.25, 0.3) is 0 Å². The highest BCUT2D eigenvalue weighted by atomic mass is 35.5. The molecule has 0 spiro atoms. The van der Waals surface area contributed by atoms with E-state index in [1.807, 2.05) is 0 Å². The maximum absolute atomic E-state index is 12.0. The van der Waals surface area contributed by atoms with Gasteiger partial charge in [0.25, 0.3) is 5.91 Å². The van der Waals surface area contributed by atoms with Crippen molar-refractivity contribution in [2.45, 2.75) is 19.3 Å². The number of carbonyl (C=O) groups excluding carboxylic acids is 1. The van der Waals surface area contributed by atoms with Gasteiger partial charge in [-0.05, 0) is 31.4 Å². The van der Waals surface area contributed by atoms with E-state index in [0.29, 0.717) is 15.8 Å². The molecule has 0 unspecified atom stereocenters. The van der Waals surface area contributed by atoms with Crippen LogP contribution in [0, 0.1) is 0 Å². The van der Waals surface area contributed by atoms with E-state index in [9.17, 15) is 4.79 Å². The third kappa shape index (κ3) is 2.23. The van der Waals surface area contributed by atoms with Gasteiger partial charge in [0.2, 0.25) is 0 Å². The van der Waals surface area contributed by atoms with Crippen molar-refractivity contribution < 1.29 is 4.79 Å². The van der Waals surface area contributed by atoms with Crippen molar-refractivity contribution in [1.29, 1.82) is 0 Å². The van der Waals surface area contributed by atoms with Crippen LogP contribution < -0.4 is 5.32 Å². The molecule has 2 aromatic rings. The zero-order valence-corrected chi connectivity index (χ0v) is 11.0. The summed E-state index contributed by atoms with van der Waals surface area (Å²) in [4.78, 5) is 21.5. The number of hydrogen-bond donors (Lipinski definition) is 1. The molecule has 0 saturated heterocycles. The van der Waals surface area contributed by atoms with Crippen LogP contribution >= 0.6 is 22.9 Å². The monoisotopic (exact) mass is 279 g/mol. The van der Waals surface area contributed by atoms with Crippen LogP contribution in [0.2, 0.25) is 5.15 Å². The molecule has 4 nitrogen and oxygen atoms in total. The lowest BCUT2D eigenvalue weighted by Gasteiger charge is -2.01. The minimum atomic E-state index is -0.202. The molecule has 0 aromatic carbocycles. The number of halogens is 1. The zero-order valence-electron chi connectivity index (χ0n) is 9.44. The average Bonchev–Trinajstić information content (AvgIpc) is 2.89. The largest absolute Gasteiger partial charge is 0.298 e. The summed E-state index contributed by atoms with van der Waals surface area (Å²) in [6, 6.07) is 3.17. The van der Waals surface area contributed by atoms with Crippen LogP contribution in [0.1, 0.15) is 27.3 Å². The van der Waals surface area contributed by atoms with Gasteiger partial charge in [0.1, 0.15) is 5.15 Å². The number of aromatic nitrogens is 2. The maximum Gasteiger partial charge on any atom is 0.257 e. The van der Waals surface area contributed by atoms with E-state index in [4.69, 9.17) is 11.6 Å². The van der Waals surface area contributed by atoms with Crippen molar-refractivity contribution in [3.8, 4) is 0 Å². The Labute approximate surface area is 113 Å². The molecule has 6 heteroatoms. The second-order valence-corrected chi connectivity index (χ2v) is 5.53. The normalized spacial score (nSPS) is 13.4. The van der Waals surface area contributed by atoms with Crippen LogP contribution in [0.3, 0.4) is 0 Å². The molecule has 1 aliphatic rings. The molecule has 0 aliphatic heterocycles. The number of carbonyl (C=O) groups is 1. The second-order valence-electron chi connectivity index (χ2n) is 4.06. The van der Waals surface area contributed by atoms with Crippen LogP contribution in [-0.2, 0) is 12.8 Å². The van der Waals surface area contributed by atoms with Gasteiger partial charge in [-0.3, -0.25) is 10.1 Å². The topological polar surface area (TPSA) is 54.9 Å². The smallest absolute Gasteiger partial charge is 0.257 e. The summed E-state index contributed by atoms with van der Waals surface area (Å²) < 4.78 is 0. The summed E-state index contributed by atoms with van der Waals surface area (Å²) in [6.07, 6.45) is 4.77. The molecular weight excluding hydrogens is 270 g/mol. The molecule has 0 saturated carbocycles. The summed E-state index contributed by atoms with van der Waals surface area (Å²) >= 11 is 7.31. The Morgan fingerprint density at radius 2 is 2.33 bits per heavy atom. The Kier molecular flexibility index (Phi) is 3.01. The van der Waals surface area contributed by atoms with E-state index in [2.05, 4.69) is 15.3 Å². The van der Waals surface area contributed by atoms with Gasteiger partial charge in [-0.15, -0.1) is 11.3 Å². The lowest BCUT2D eigenvalue weighted by atomic mass is 10.2. The average molecular weight is 280 g/mol. The van der Waals surface area contributed by atoms with Gasteiger partial charge in [-0.25, -0.2) is 9.97 Å². The Hall–Kier alpha value is -1.46. The third-order valence-electron chi connectivity index (χ3n) is 2.80. The zero-order chi connectivity index (χ0) is 12.5. The molecule has 0 bridgehead atoms. The number of thiazole rings is 1. The number of pyridine rings is 1. The molecule has 0 atom stereocenters. The van der Waals surface area contributed by atoms with E-state index >= 15 is 0 Å². The summed E-state index contributed by atoms with van der Waals surface area (Å²) in [5.41, 5.74) is 1.62. The van der Waals surface area contributed by atoms with Crippen LogP contribution in [0.15, 0.2) is 18.3 Å². The van der Waals surface area contributed by atoms with E-state index in [-0.39, 0.29) is 5.91 Å².